The van der Waals surface area contributed by atoms with Crippen LogP contribution in [-0.4, -0.2) is 35.0 Å². The third-order valence-corrected chi connectivity index (χ3v) is 5.00. The Morgan fingerprint density at radius 1 is 1.00 bits per heavy atom. The van der Waals surface area contributed by atoms with E-state index in [1.165, 1.54) is 6.92 Å². The van der Waals surface area contributed by atoms with Gasteiger partial charge in [0, 0.05) is 32.6 Å². The Morgan fingerprint density at radius 3 is 2.48 bits per heavy atom. The van der Waals surface area contributed by atoms with Crippen LogP contribution in [-0.2, 0) is 22.6 Å². The van der Waals surface area contributed by atoms with Crippen molar-refractivity contribution in [2.24, 2.45) is 0 Å². The molecule has 1 N–H and O–H groups in total. The summed E-state index contributed by atoms with van der Waals surface area (Å²) in [5.74, 6) is 0.958. The summed E-state index contributed by atoms with van der Waals surface area (Å²) in [5, 5.41) is 2.82. The number of hydrogen-bond acceptors (Lipinski definition) is 3. The van der Waals surface area contributed by atoms with Gasteiger partial charge in [0.2, 0.25) is 11.8 Å². The van der Waals surface area contributed by atoms with E-state index in [1.807, 2.05) is 59.2 Å². The molecular weight excluding hydrogens is 364 g/mol. The highest BCUT2D eigenvalue weighted by Crippen LogP contribution is 2.19. The van der Waals surface area contributed by atoms with Crippen molar-refractivity contribution in [1.29, 1.82) is 0 Å². The molecule has 0 aliphatic rings. The third-order valence-electron chi connectivity index (χ3n) is 5.00. The van der Waals surface area contributed by atoms with E-state index in [1.54, 1.807) is 11.9 Å². The molecule has 0 radical (unpaired) electrons. The van der Waals surface area contributed by atoms with Crippen molar-refractivity contribution < 1.29 is 9.59 Å². The van der Waals surface area contributed by atoms with Crippen LogP contribution in [0.15, 0.2) is 54.6 Å². The first kappa shape index (κ1) is 20.6. The molecule has 1 aromatic heterocycles. The fraction of sp³-hybridized carbons (Fsp3) is 0.348. The number of imidazole rings is 1. The maximum atomic E-state index is 12.9. The highest BCUT2D eigenvalue weighted by molar-refractivity contribution is 5.93. The number of hydrogen-bond donors (Lipinski definition) is 1. The zero-order chi connectivity index (χ0) is 20.6. The minimum absolute atomic E-state index is 0.00726. The molecule has 1 heterocycles. The number of amides is 2. The number of fused-ring (bicyclic) bond motifs is 1. The van der Waals surface area contributed by atoms with E-state index in [9.17, 15) is 9.59 Å². The van der Waals surface area contributed by atoms with Crippen molar-refractivity contribution in [3.05, 3.63) is 60.4 Å². The monoisotopic (exact) mass is 392 g/mol. The maximum Gasteiger partial charge on any atom is 0.246 e. The predicted molar refractivity (Wildman–Crippen MR) is 116 cm³/mol. The van der Waals surface area contributed by atoms with Crippen LogP contribution in [0.5, 0.6) is 0 Å². The Bertz CT molecular complexity index is 965. The number of rotatable bonds is 9. The zero-order valence-corrected chi connectivity index (χ0v) is 17.1. The zero-order valence-electron chi connectivity index (χ0n) is 17.1. The molecule has 2 aromatic carbocycles. The summed E-state index contributed by atoms with van der Waals surface area (Å²) in [4.78, 5) is 30.3. The number of carbonyl (C=O) groups excluding carboxylic acids is 2. The molecule has 0 unspecified atom stereocenters. The molecule has 3 rings (SSSR count). The standard InChI is InChI=1S/C23H28N4O2/c1-18(28)24-16-10-4-7-15-22-25-20-13-8-9-14-21(20)27(22)17-23(29)26(2)19-11-5-3-6-12-19/h3,5-6,8-9,11-14H,4,7,10,15-17H2,1-2H3,(H,24,28). The first-order chi connectivity index (χ1) is 14.1. The minimum Gasteiger partial charge on any atom is -0.356 e. The summed E-state index contributed by atoms with van der Waals surface area (Å²) >= 11 is 0. The van der Waals surface area contributed by atoms with Crippen molar-refractivity contribution in [2.45, 2.75) is 39.2 Å². The molecule has 0 aliphatic heterocycles. The second-order valence-electron chi connectivity index (χ2n) is 7.18. The summed E-state index contributed by atoms with van der Waals surface area (Å²) in [6.45, 7) is 2.49. The lowest BCUT2D eigenvalue weighted by atomic mass is 10.2. The van der Waals surface area contributed by atoms with Gasteiger partial charge in [-0.15, -0.1) is 0 Å². The van der Waals surface area contributed by atoms with Gasteiger partial charge >= 0.3 is 0 Å². The minimum atomic E-state index is 0.00726. The summed E-state index contributed by atoms with van der Waals surface area (Å²) in [5.41, 5.74) is 2.77. The molecule has 152 valence electrons. The second kappa shape index (κ2) is 9.87. The van der Waals surface area contributed by atoms with E-state index in [0.717, 1.165) is 48.2 Å². The van der Waals surface area contributed by atoms with E-state index in [2.05, 4.69) is 5.32 Å². The van der Waals surface area contributed by atoms with Crippen LogP contribution in [0.25, 0.3) is 11.0 Å². The van der Waals surface area contributed by atoms with E-state index in [4.69, 9.17) is 4.98 Å². The van der Waals surface area contributed by atoms with Crippen LogP contribution < -0.4 is 10.2 Å². The van der Waals surface area contributed by atoms with Gasteiger partial charge in [-0.25, -0.2) is 4.98 Å². The molecule has 6 heteroatoms. The van der Waals surface area contributed by atoms with Crippen LogP contribution in [0.2, 0.25) is 0 Å². The number of carbonyl (C=O) groups is 2. The van der Waals surface area contributed by atoms with Crippen LogP contribution in [0, 0.1) is 0 Å². The largest absolute Gasteiger partial charge is 0.356 e. The first-order valence-corrected chi connectivity index (χ1v) is 10.1. The summed E-state index contributed by atoms with van der Waals surface area (Å²) in [6.07, 6.45) is 3.71. The quantitative estimate of drug-likeness (QED) is 0.566. The van der Waals surface area contributed by atoms with Crippen LogP contribution in [0.1, 0.15) is 32.0 Å². The first-order valence-electron chi connectivity index (χ1n) is 10.1. The molecule has 2 amide bonds. The molecule has 3 aromatic rings. The molecule has 0 aliphatic carbocycles. The maximum absolute atomic E-state index is 12.9. The highest BCUT2D eigenvalue weighted by Gasteiger charge is 2.16. The van der Waals surface area contributed by atoms with Crippen LogP contribution in [0.4, 0.5) is 5.69 Å². The van der Waals surface area contributed by atoms with Gasteiger partial charge in [-0.3, -0.25) is 9.59 Å². The lowest BCUT2D eigenvalue weighted by Crippen LogP contribution is -2.30. The number of aromatic nitrogens is 2. The van der Waals surface area contributed by atoms with Crippen molar-refractivity contribution in [2.75, 3.05) is 18.5 Å². The molecule has 6 nitrogen and oxygen atoms in total. The molecule has 0 bridgehead atoms. The molecule has 29 heavy (non-hydrogen) atoms. The molecule has 0 fully saturated rings. The Labute approximate surface area is 171 Å². The predicted octanol–water partition coefficient (Wildman–Crippen LogP) is 3.55. The average Bonchev–Trinajstić information content (AvgIpc) is 3.07. The van der Waals surface area contributed by atoms with Crippen LogP contribution in [0.3, 0.4) is 0 Å². The number of likely N-dealkylation sites (N-methyl/N-ethyl adjacent to an activating group) is 1. The number of nitrogens with one attached hydrogen (secondary N) is 1. The number of para-hydroxylation sites is 3. The van der Waals surface area contributed by atoms with Gasteiger partial charge in [-0.05, 0) is 37.1 Å². The lowest BCUT2D eigenvalue weighted by Gasteiger charge is -2.18. The van der Waals surface area contributed by atoms with E-state index in [0.29, 0.717) is 6.54 Å². The van der Waals surface area contributed by atoms with E-state index in [-0.39, 0.29) is 18.4 Å². The van der Waals surface area contributed by atoms with Crippen molar-refractivity contribution in [1.82, 2.24) is 14.9 Å². The van der Waals surface area contributed by atoms with Gasteiger partial charge < -0.3 is 14.8 Å². The Balaban J connectivity index is 1.69. The van der Waals surface area contributed by atoms with Crippen LogP contribution >= 0.6 is 0 Å². The number of nitrogens with zero attached hydrogens (tertiary/aromatic N) is 3. The van der Waals surface area contributed by atoms with Crippen molar-refractivity contribution in [3.63, 3.8) is 0 Å². The van der Waals surface area contributed by atoms with Crippen molar-refractivity contribution in [3.8, 4) is 0 Å². The molecule has 0 spiro atoms. The molecule has 0 saturated carbocycles. The van der Waals surface area contributed by atoms with Gasteiger partial charge in [0.05, 0.1) is 11.0 Å². The molecule has 0 atom stereocenters. The second-order valence-corrected chi connectivity index (χ2v) is 7.18. The summed E-state index contributed by atoms with van der Waals surface area (Å²) < 4.78 is 2.03. The Hall–Kier alpha value is -3.15. The van der Waals surface area contributed by atoms with E-state index >= 15 is 0 Å². The normalized spacial score (nSPS) is 10.8. The topological polar surface area (TPSA) is 67.2 Å². The van der Waals surface area contributed by atoms with Gasteiger partial charge in [0.15, 0.2) is 0 Å². The molecular formula is C23H28N4O2. The average molecular weight is 393 g/mol. The summed E-state index contributed by atoms with van der Waals surface area (Å²) in [7, 11) is 1.80. The number of unbranched alkanes of at least 4 members (excludes halogenated alkanes) is 2. The van der Waals surface area contributed by atoms with Gasteiger partial charge in [0.1, 0.15) is 12.4 Å². The Kier molecular flexibility index (Phi) is 7.00. The van der Waals surface area contributed by atoms with E-state index < -0.39 is 0 Å². The Morgan fingerprint density at radius 2 is 1.72 bits per heavy atom. The molecule has 0 saturated heterocycles. The van der Waals surface area contributed by atoms with Gasteiger partial charge in [-0.2, -0.15) is 0 Å². The van der Waals surface area contributed by atoms with Gasteiger partial charge in [-0.1, -0.05) is 36.8 Å². The number of anilines is 1. The SMILES string of the molecule is CC(=O)NCCCCCc1nc2ccccc2n1CC(=O)N(C)c1ccccc1. The van der Waals surface area contributed by atoms with Gasteiger partial charge in [0.25, 0.3) is 0 Å². The lowest BCUT2D eigenvalue weighted by molar-refractivity contribution is -0.119. The highest BCUT2D eigenvalue weighted by atomic mass is 16.2. The van der Waals surface area contributed by atoms with Crippen molar-refractivity contribution >= 4 is 28.5 Å². The number of aryl methyl sites for hydroxylation is 1. The fourth-order valence-corrected chi connectivity index (χ4v) is 3.38. The smallest absolute Gasteiger partial charge is 0.246 e. The fourth-order valence-electron chi connectivity index (χ4n) is 3.38. The summed E-state index contributed by atoms with van der Waals surface area (Å²) in [6, 6.07) is 17.6. The third kappa shape index (κ3) is 5.44. The number of benzene rings is 2.